The number of hydrogen-bond acceptors (Lipinski definition) is 8. The molecule has 2 atom stereocenters. The van der Waals surface area contributed by atoms with Crippen molar-refractivity contribution in [3.8, 4) is 0 Å². The zero-order valence-electron chi connectivity index (χ0n) is 10.0. The van der Waals surface area contributed by atoms with Crippen molar-refractivity contribution in [2.75, 3.05) is 0 Å². The highest BCUT2D eigenvalue weighted by Gasteiger charge is 2.35. The molecule has 1 aromatic heterocycles. The van der Waals surface area contributed by atoms with Crippen LogP contribution in [0.15, 0.2) is 15.8 Å². The van der Waals surface area contributed by atoms with Crippen LogP contribution in [0.25, 0.3) is 0 Å². The van der Waals surface area contributed by atoms with Crippen LogP contribution in [0.1, 0.15) is 5.56 Å². The van der Waals surface area contributed by atoms with Gasteiger partial charge in [-0.05, 0) is 6.92 Å². The first kappa shape index (κ1) is 18.0. The van der Waals surface area contributed by atoms with Gasteiger partial charge in [0.25, 0.3) is 5.56 Å². The lowest BCUT2D eigenvalue weighted by atomic mass is 10.4. The van der Waals surface area contributed by atoms with Gasteiger partial charge in [-0.15, -0.1) is 4.73 Å². The van der Waals surface area contributed by atoms with E-state index < -0.39 is 35.1 Å². The van der Waals surface area contributed by atoms with Gasteiger partial charge in [-0.2, -0.15) is 8.62 Å². The van der Waals surface area contributed by atoms with E-state index in [1.165, 1.54) is 6.92 Å². The Balaban J connectivity index is 2.86. The molecule has 0 fully saturated rings. The molecular weight excluding hydrogens is 357 g/mol. The molecular formula is C5H9N2O11P3. The molecule has 1 rings (SSSR count). The van der Waals surface area contributed by atoms with Crippen molar-refractivity contribution in [3.63, 3.8) is 0 Å². The fourth-order valence-corrected chi connectivity index (χ4v) is 3.65. The zero-order valence-corrected chi connectivity index (χ0v) is 12.8. The van der Waals surface area contributed by atoms with E-state index in [2.05, 4.69) is 13.2 Å². The summed E-state index contributed by atoms with van der Waals surface area (Å²) < 4.78 is 44.4. The minimum Gasteiger partial charge on any atom is -0.330 e. The topological polar surface area (TPSA) is 194 Å². The lowest BCUT2D eigenvalue weighted by Crippen LogP contribution is -2.32. The van der Waals surface area contributed by atoms with Crippen LogP contribution >= 0.6 is 23.9 Å². The molecule has 21 heavy (non-hydrogen) atoms. The summed E-state index contributed by atoms with van der Waals surface area (Å²) in [5.74, 6) is 0. The Hall–Kier alpha value is -1.03. The van der Waals surface area contributed by atoms with Gasteiger partial charge in [-0.3, -0.25) is 9.78 Å². The number of aryl methyl sites for hydroxylation is 1. The van der Waals surface area contributed by atoms with Crippen molar-refractivity contribution in [1.82, 2.24) is 9.71 Å². The van der Waals surface area contributed by atoms with Gasteiger partial charge in [0.1, 0.15) is 0 Å². The van der Waals surface area contributed by atoms with E-state index >= 15 is 0 Å². The number of aromatic amines is 1. The first-order chi connectivity index (χ1) is 9.39. The van der Waals surface area contributed by atoms with Crippen LogP contribution in [-0.2, 0) is 22.3 Å². The summed E-state index contributed by atoms with van der Waals surface area (Å²) in [6, 6.07) is 0. The maximum absolute atomic E-state index is 11.3. The maximum atomic E-state index is 11.3. The first-order valence-electron chi connectivity index (χ1n) is 4.74. The summed E-state index contributed by atoms with van der Waals surface area (Å²) in [4.78, 5) is 49.6. The second-order valence-corrected chi connectivity index (χ2v) is 7.35. The van der Waals surface area contributed by atoms with Gasteiger partial charge in [0.15, 0.2) is 0 Å². The molecule has 0 aromatic carbocycles. The summed E-state index contributed by atoms with van der Waals surface area (Å²) >= 11 is 0. The molecule has 2 unspecified atom stereocenters. The molecule has 0 aliphatic heterocycles. The van der Waals surface area contributed by atoms with Crippen LogP contribution < -0.4 is 15.9 Å². The highest BCUT2D eigenvalue weighted by atomic mass is 31.3. The molecule has 120 valence electrons. The lowest BCUT2D eigenvalue weighted by Gasteiger charge is -2.12. The zero-order chi connectivity index (χ0) is 16.4. The fourth-order valence-electron chi connectivity index (χ4n) is 0.954. The predicted octanol–water partition coefficient (Wildman–Crippen LogP) is -1.11. The Morgan fingerprint density at radius 1 is 1.29 bits per heavy atom. The molecule has 0 aliphatic carbocycles. The van der Waals surface area contributed by atoms with E-state index in [0.717, 1.165) is 6.20 Å². The van der Waals surface area contributed by atoms with Crippen molar-refractivity contribution < 1.29 is 41.6 Å². The third-order valence-corrected chi connectivity index (χ3v) is 5.20. The van der Waals surface area contributed by atoms with Crippen LogP contribution in [0.2, 0.25) is 0 Å². The summed E-state index contributed by atoms with van der Waals surface area (Å²) in [5.41, 5.74) is -1.91. The number of nitrogens with one attached hydrogen (secondary N) is 1. The standard InChI is InChI=1S/C5H9N2O11P3/c1-3-2-7(5(9)6-4(3)8)16-19(10)17-21(14,15)18-20(11,12)13/h2,19H,1H3,(H,14,15)(H,6,8,9)(H2,11,12,13). The van der Waals surface area contributed by atoms with Gasteiger partial charge in [0, 0.05) is 5.56 Å². The second-order valence-electron chi connectivity index (χ2n) is 3.37. The maximum Gasteiger partial charge on any atom is 0.488 e. The summed E-state index contributed by atoms with van der Waals surface area (Å²) in [5, 5.41) is 0. The fraction of sp³-hybridized carbons (Fsp3) is 0.200. The van der Waals surface area contributed by atoms with E-state index in [9.17, 15) is 23.3 Å². The lowest BCUT2D eigenvalue weighted by molar-refractivity contribution is 0.202. The van der Waals surface area contributed by atoms with Crippen molar-refractivity contribution in [2.45, 2.75) is 6.92 Å². The van der Waals surface area contributed by atoms with Crippen LogP contribution in [0.5, 0.6) is 0 Å². The molecule has 1 heterocycles. The highest BCUT2D eigenvalue weighted by Crippen LogP contribution is 2.61. The van der Waals surface area contributed by atoms with Gasteiger partial charge in [-0.1, -0.05) is 0 Å². The molecule has 13 nitrogen and oxygen atoms in total. The molecule has 0 saturated carbocycles. The average Bonchev–Trinajstić information content (AvgIpc) is 2.21. The summed E-state index contributed by atoms with van der Waals surface area (Å²) in [7, 11) is -14.7. The first-order valence-corrected chi connectivity index (χ1v) is 8.99. The molecule has 1 aromatic rings. The van der Waals surface area contributed by atoms with Gasteiger partial charge < -0.3 is 19.3 Å². The number of hydrogen-bond donors (Lipinski definition) is 4. The number of H-pyrrole nitrogens is 1. The Morgan fingerprint density at radius 2 is 1.86 bits per heavy atom. The van der Waals surface area contributed by atoms with Crippen molar-refractivity contribution >= 4 is 23.9 Å². The Bertz CT molecular complexity index is 758. The predicted molar refractivity (Wildman–Crippen MR) is 65.7 cm³/mol. The van der Waals surface area contributed by atoms with Crippen molar-refractivity contribution in [1.29, 1.82) is 0 Å². The molecule has 0 amide bonds. The largest absolute Gasteiger partial charge is 0.488 e. The molecule has 0 aliphatic rings. The van der Waals surface area contributed by atoms with Crippen molar-refractivity contribution in [3.05, 3.63) is 32.6 Å². The van der Waals surface area contributed by atoms with Crippen molar-refractivity contribution in [2.24, 2.45) is 0 Å². The van der Waals surface area contributed by atoms with Crippen LogP contribution in [0.3, 0.4) is 0 Å². The number of aromatic nitrogens is 2. The van der Waals surface area contributed by atoms with Crippen LogP contribution in [0.4, 0.5) is 0 Å². The number of phosphoric acid groups is 2. The third-order valence-electron chi connectivity index (χ3n) is 1.66. The minimum absolute atomic E-state index is 0.0111. The quantitative estimate of drug-likeness (QED) is 0.446. The minimum atomic E-state index is -5.39. The summed E-state index contributed by atoms with van der Waals surface area (Å²) in [6.07, 6.45) is 0.819. The van der Waals surface area contributed by atoms with Crippen LogP contribution in [-0.4, -0.2) is 24.4 Å². The Morgan fingerprint density at radius 3 is 2.38 bits per heavy atom. The van der Waals surface area contributed by atoms with E-state index in [1.54, 1.807) is 4.98 Å². The molecule has 4 N–H and O–H groups in total. The molecule has 0 radical (unpaired) electrons. The van der Waals surface area contributed by atoms with E-state index in [-0.39, 0.29) is 10.3 Å². The molecule has 0 bridgehead atoms. The highest BCUT2D eigenvalue weighted by molar-refractivity contribution is 7.64. The molecule has 0 saturated heterocycles. The third kappa shape index (κ3) is 6.08. The average molecular weight is 366 g/mol. The smallest absolute Gasteiger partial charge is 0.330 e. The van der Waals surface area contributed by atoms with Gasteiger partial charge in [0.05, 0.1) is 6.20 Å². The van der Waals surface area contributed by atoms with Gasteiger partial charge in [0.2, 0.25) is 0 Å². The summed E-state index contributed by atoms with van der Waals surface area (Å²) in [6.45, 7) is 1.28. The monoisotopic (exact) mass is 366 g/mol. The number of rotatable bonds is 6. The van der Waals surface area contributed by atoms with E-state index in [4.69, 9.17) is 14.7 Å². The van der Waals surface area contributed by atoms with Gasteiger partial charge >= 0.3 is 29.6 Å². The van der Waals surface area contributed by atoms with Gasteiger partial charge in [-0.25, -0.2) is 18.5 Å². The second kappa shape index (κ2) is 6.39. The Labute approximate surface area is 115 Å². The number of nitrogens with zero attached hydrogens (tertiary/aromatic N) is 1. The molecule has 16 heteroatoms. The van der Waals surface area contributed by atoms with Crippen LogP contribution in [0, 0.1) is 6.92 Å². The molecule has 0 spiro atoms. The Kier molecular flexibility index (Phi) is 5.48. The SMILES string of the molecule is Cc1cn(O[PH](=O)OP(=O)(O)OP(=O)(O)O)c(=O)[nH]c1=O. The normalized spacial score (nSPS) is 16.2. The van der Waals surface area contributed by atoms with E-state index in [0.29, 0.717) is 0 Å². The van der Waals surface area contributed by atoms with E-state index in [1.807, 2.05) is 0 Å².